The Morgan fingerprint density at radius 2 is 2.14 bits per heavy atom. The molecule has 2 atom stereocenters. The number of hydrogen-bond donors (Lipinski definition) is 1. The minimum absolute atomic E-state index is 0.685. The zero-order valence-corrected chi connectivity index (χ0v) is 14.0. The molecule has 4 nitrogen and oxygen atoms in total. The maximum Gasteiger partial charge on any atom is 0.144 e. The summed E-state index contributed by atoms with van der Waals surface area (Å²) in [5, 5.41) is 3.37. The number of nitrogens with one attached hydrogen (secondary N) is 1. The number of aryl methyl sites for hydroxylation is 1. The van der Waals surface area contributed by atoms with Crippen LogP contribution in [0.4, 0.5) is 5.82 Å². The second-order valence-electron chi connectivity index (χ2n) is 6.58. The zero-order chi connectivity index (χ0) is 15.2. The van der Waals surface area contributed by atoms with Crippen LogP contribution in [0.15, 0.2) is 6.07 Å². The van der Waals surface area contributed by atoms with E-state index in [1.54, 1.807) is 0 Å². The molecule has 4 heteroatoms. The quantitative estimate of drug-likeness (QED) is 0.869. The summed E-state index contributed by atoms with van der Waals surface area (Å²) in [5.41, 5.74) is 1.05. The summed E-state index contributed by atoms with van der Waals surface area (Å²) in [6.45, 7) is 8.40. The molecular formula is C17H30N4. The minimum Gasteiger partial charge on any atom is -0.370 e. The van der Waals surface area contributed by atoms with Crippen LogP contribution >= 0.6 is 0 Å². The van der Waals surface area contributed by atoms with E-state index in [4.69, 9.17) is 0 Å². The van der Waals surface area contributed by atoms with Gasteiger partial charge in [-0.2, -0.15) is 0 Å². The number of nitrogens with zero attached hydrogens (tertiary/aromatic N) is 3. The molecule has 0 amide bonds. The summed E-state index contributed by atoms with van der Waals surface area (Å²) in [4.78, 5) is 11.7. The number of anilines is 1. The van der Waals surface area contributed by atoms with E-state index < -0.39 is 0 Å². The molecule has 2 unspecified atom stereocenters. The fourth-order valence-electron chi connectivity index (χ4n) is 3.20. The van der Waals surface area contributed by atoms with Crippen molar-refractivity contribution in [2.24, 2.45) is 5.92 Å². The Hall–Kier alpha value is -1.16. The largest absolute Gasteiger partial charge is 0.370 e. The third-order valence-electron chi connectivity index (χ3n) is 4.38. The smallest absolute Gasteiger partial charge is 0.144 e. The van der Waals surface area contributed by atoms with Crippen LogP contribution in [0, 0.1) is 12.8 Å². The molecular weight excluding hydrogens is 260 g/mol. The lowest BCUT2D eigenvalue weighted by Crippen LogP contribution is -2.35. The Morgan fingerprint density at radius 1 is 1.33 bits per heavy atom. The van der Waals surface area contributed by atoms with E-state index in [1.807, 2.05) is 13.0 Å². The van der Waals surface area contributed by atoms with Crippen LogP contribution in [0.3, 0.4) is 0 Å². The van der Waals surface area contributed by atoms with Crippen LogP contribution in [0.25, 0.3) is 0 Å². The van der Waals surface area contributed by atoms with Crippen molar-refractivity contribution in [1.82, 2.24) is 14.9 Å². The average molecular weight is 290 g/mol. The molecule has 1 heterocycles. The first-order chi connectivity index (χ1) is 10.1. The van der Waals surface area contributed by atoms with Crippen molar-refractivity contribution >= 4 is 5.82 Å². The van der Waals surface area contributed by atoms with E-state index in [-0.39, 0.29) is 0 Å². The van der Waals surface area contributed by atoms with Crippen molar-refractivity contribution in [3.05, 3.63) is 17.6 Å². The number of hydrogen-bond acceptors (Lipinski definition) is 4. The molecule has 1 N–H and O–H groups in total. The van der Waals surface area contributed by atoms with Gasteiger partial charge in [0.25, 0.3) is 0 Å². The van der Waals surface area contributed by atoms with E-state index >= 15 is 0 Å². The van der Waals surface area contributed by atoms with Gasteiger partial charge in [-0.25, -0.2) is 9.97 Å². The van der Waals surface area contributed by atoms with Crippen LogP contribution in [0.5, 0.6) is 0 Å². The lowest BCUT2D eigenvalue weighted by atomic mass is 9.86. The Bertz CT molecular complexity index is 446. The van der Waals surface area contributed by atoms with Crippen molar-refractivity contribution in [3.63, 3.8) is 0 Å². The highest BCUT2D eigenvalue weighted by atomic mass is 15.2. The molecule has 118 valence electrons. The lowest BCUT2D eigenvalue weighted by molar-refractivity contribution is 0.154. The highest BCUT2D eigenvalue weighted by Crippen LogP contribution is 2.27. The molecule has 0 aromatic carbocycles. The molecule has 0 bridgehead atoms. The minimum atomic E-state index is 0.685. The average Bonchev–Trinajstić information content (AvgIpc) is 2.44. The Kier molecular flexibility index (Phi) is 5.97. The van der Waals surface area contributed by atoms with Crippen LogP contribution in [-0.2, 0) is 6.54 Å². The predicted octanol–water partition coefficient (Wildman–Crippen LogP) is 3.62. The summed E-state index contributed by atoms with van der Waals surface area (Å²) in [5.74, 6) is 2.76. The van der Waals surface area contributed by atoms with E-state index in [9.17, 15) is 0 Å². The molecule has 1 aromatic heterocycles. The standard InChI is InChI=1S/C17H30N4/c1-5-9-18-16-11-14(3)19-17(20-16)12-21(4)15-8-6-7-13(2)10-15/h11,13,15H,5-10,12H2,1-4H3,(H,18,19,20). The monoisotopic (exact) mass is 290 g/mol. The zero-order valence-electron chi connectivity index (χ0n) is 14.0. The molecule has 0 spiro atoms. The topological polar surface area (TPSA) is 41.1 Å². The van der Waals surface area contributed by atoms with Crippen molar-refractivity contribution < 1.29 is 0 Å². The molecule has 1 fully saturated rings. The van der Waals surface area contributed by atoms with Gasteiger partial charge in [0, 0.05) is 24.3 Å². The maximum atomic E-state index is 4.66. The van der Waals surface area contributed by atoms with Gasteiger partial charge in [-0.05, 0) is 39.2 Å². The predicted molar refractivity (Wildman–Crippen MR) is 88.4 cm³/mol. The molecule has 0 aliphatic heterocycles. The first kappa shape index (κ1) is 16.2. The van der Waals surface area contributed by atoms with Crippen LogP contribution in [0.2, 0.25) is 0 Å². The number of rotatable bonds is 6. The third kappa shape index (κ3) is 4.95. The first-order valence-electron chi connectivity index (χ1n) is 8.37. The van der Waals surface area contributed by atoms with Crippen molar-refractivity contribution in [2.75, 3.05) is 18.9 Å². The summed E-state index contributed by atoms with van der Waals surface area (Å²) in [7, 11) is 2.22. The van der Waals surface area contributed by atoms with Crippen LogP contribution in [0.1, 0.15) is 57.5 Å². The van der Waals surface area contributed by atoms with Gasteiger partial charge in [0.15, 0.2) is 0 Å². The maximum absolute atomic E-state index is 4.66. The molecule has 1 aliphatic carbocycles. The lowest BCUT2D eigenvalue weighted by Gasteiger charge is -2.33. The van der Waals surface area contributed by atoms with Gasteiger partial charge in [-0.3, -0.25) is 4.90 Å². The van der Waals surface area contributed by atoms with Gasteiger partial charge in [-0.15, -0.1) is 0 Å². The Balaban J connectivity index is 1.99. The van der Waals surface area contributed by atoms with Crippen LogP contribution < -0.4 is 5.32 Å². The summed E-state index contributed by atoms with van der Waals surface area (Å²) < 4.78 is 0. The Labute approximate surface area is 129 Å². The Morgan fingerprint density at radius 3 is 2.86 bits per heavy atom. The fourth-order valence-corrected chi connectivity index (χ4v) is 3.20. The summed E-state index contributed by atoms with van der Waals surface area (Å²) in [6.07, 6.45) is 6.47. The van der Waals surface area contributed by atoms with E-state index in [0.29, 0.717) is 6.04 Å². The number of aromatic nitrogens is 2. The van der Waals surface area contributed by atoms with Crippen molar-refractivity contribution in [1.29, 1.82) is 0 Å². The van der Waals surface area contributed by atoms with E-state index in [2.05, 4.69) is 41.1 Å². The molecule has 0 saturated heterocycles. The van der Waals surface area contributed by atoms with E-state index in [0.717, 1.165) is 42.8 Å². The van der Waals surface area contributed by atoms with E-state index in [1.165, 1.54) is 25.7 Å². The summed E-state index contributed by atoms with van der Waals surface area (Å²) >= 11 is 0. The van der Waals surface area contributed by atoms with Gasteiger partial charge in [0.05, 0.1) is 6.54 Å². The first-order valence-corrected chi connectivity index (χ1v) is 8.37. The molecule has 21 heavy (non-hydrogen) atoms. The SMILES string of the molecule is CCCNc1cc(C)nc(CN(C)C2CCCC(C)C2)n1. The second kappa shape index (κ2) is 7.74. The van der Waals surface area contributed by atoms with Gasteiger partial charge >= 0.3 is 0 Å². The molecule has 1 aromatic rings. The van der Waals surface area contributed by atoms with Crippen LogP contribution in [-0.4, -0.2) is 34.5 Å². The third-order valence-corrected chi connectivity index (χ3v) is 4.38. The highest BCUT2D eigenvalue weighted by Gasteiger charge is 2.22. The molecule has 1 saturated carbocycles. The van der Waals surface area contributed by atoms with Crippen molar-refractivity contribution in [3.8, 4) is 0 Å². The van der Waals surface area contributed by atoms with Gasteiger partial charge in [0.2, 0.25) is 0 Å². The normalized spacial score (nSPS) is 22.5. The van der Waals surface area contributed by atoms with Crippen molar-refractivity contribution in [2.45, 2.75) is 65.5 Å². The molecule has 2 rings (SSSR count). The molecule has 0 radical (unpaired) electrons. The van der Waals surface area contributed by atoms with Gasteiger partial charge in [0.1, 0.15) is 11.6 Å². The highest BCUT2D eigenvalue weighted by molar-refractivity contribution is 5.35. The molecule has 1 aliphatic rings. The van der Waals surface area contributed by atoms with Gasteiger partial charge < -0.3 is 5.32 Å². The fraction of sp³-hybridized carbons (Fsp3) is 0.765. The second-order valence-corrected chi connectivity index (χ2v) is 6.58. The van der Waals surface area contributed by atoms with Gasteiger partial charge in [-0.1, -0.05) is 26.7 Å². The summed E-state index contributed by atoms with van der Waals surface area (Å²) in [6, 6.07) is 2.71.